The van der Waals surface area contributed by atoms with Crippen LogP contribution < -0.4 is 11.1 Å². The number of anilines is 1. The first-order valence-corrected chi connectivity index (χ1v) is 11.2. The van der Waals surface area contributed by atoms with Crippen LogP contribution >= 0.6 is 0 Å². The molecule has 8 heteroatoms. The second-order valence-corrected chi connectivity index (χ2v) is 8.49. The van der Waals surface area contributed by atoms with Crippen molar-refractivity contribution in [1.82, 2.24) is 24.5 Å². The third kappa shape index (κ3) is 4.01. The third-order valence-electron chi connectivity index (χ3n) is 6.08. The molecule has 5 aromatic rings. The summed E-state index contributed by atoms with van der Waals surface area (Å²) in [5, 5.41) is 13.5. The van der Waals surface area contributed by atoms with Gasteiger partial charge in [-0.2, -0.15) is 10.2 Å². The van der Waals surface area contributed by atoms with Gasteiger partial charge in [-0.1, -0.05) is 42.5 Å². The molecule has 2 aromatic carbocycles. The van der Waals surface area contributed by atoms with E-state index < -0.39 is 0 Å². The van der Waals surface area contributed by atoms with Gasteiger partial charge in [-0.15, -0.1) is 0 Å². The molecule has 0 spiro atoms. The highest BCUT2D eigenvalue weighted by Crippen LogP contribution is 2.23. The second-order valence-electron chi connectivity index (χ2n) is 8.49. The number of hydrogen-bond donors (Lipinski definition) is 2. The number of fused-ring (bicyclic) bond motifs is 2. The van der Waals surface area contributed by atoms with E-state index in [0.29, 0.717) is 25.5 Å². The van der Waals surface area contributed by atoms with E-state index in [2.05, 4.69) is 63.0 Å². The number of rotatable bonds is 7. The molecule has 0 saturated carbocycles. The fraction of sp³-hybridized carbons (Fsp3) is 0.154. The number of amidine groups is 1. The zero-order chi connectivity index (χ0) is 22.9. The van der Waals surface area contributed by atoms with Crippen LogP contribution in [0.2, 0.25) is 0 Å². The molecule has 0 saturated heterocycles. The van der Waals surface area contributed by atoms with Gasteiger partial charge < -0.3 is 11.1 Å². The highest BCUT2D eigenvalue weighted by Gasteiger charge is 2.13. The molecule has 168 valence electrons. The van der Waals surface area contributed by atoms with Crippen LogP contribution in [0.3, 0.4) is 0 Å². The number of nitrogens with two attached hydrogens (primary N) is 1. The van der Waals surface area contributed by atoms with E-state index in [1.807, 2.05) is 33.8 Å². The maximum Gasteiger partial charge on any atom is 0.137 e. The molecule has 0 bridgehead atoms. The third-order valence-corrected chi connectivity index (χ3v) is 6.08. The Kier molecular flexibility index (Phi) is 5.03. The Balaban J connectivity index is 1.15. The number of aliphatic imine (C=N–C) groups is 1. The van der Waals surface area contributed by atoms with Crippen LogP contribution in [-0.4, -0.2) is 30.4 Å². The Labute approximate surface area is 196 Å². The minimum atomic E-state index is 0.626. The minimum Gasteiger partial charge on any atom is -0.383 e. The van der Waals surface area contributed by atoms with Gasteiger partial charge in [0.1, 0.15) is 11.7 Å². The summed E-state index contributed by atoms with van der Waals surface area (Å²) in [6.45, 7) is 2.79. The van der Waals surface area contributed by atoms with E-state index in [1.54, 1.807) is 12.4 Å². The lowest BCUT2D eigenvalue weighted by atomic mass is 10.1. The average molecular weight is 449 g/mol. The second kappa shape index (κ2) is 8.47. The number of pyridine rings is 1. The van der Waals surface area contributed by atoms with Crippen LogP contribution in [0.15, 0.2) is 84.4 Å². The van der Waals surface area contributed by atoms with Crippen molar-refractivity contribution in [2.75, 3.05) is 5.32 Å². The zero-order valence-electron chi connectivity index (χ0n) is 18.6. The van der Waals surface area contributed by atoms with Crippen molar-refractivity contribution >= 4 is 22.6 Å². The van der Waals surface area contributed by atoms with E-state index in [0.717, 1.165) is 28.8 Å². The quantitative estimate of drug-likeness (QED) is 0.397. The molecule has 4 heterocycles. The zero-order valence-corrected chi connectivity index (χ0v) is 18.6. The number of benzene rings is 2. The molecule has 1 aliphatic heterocycles. The Bertz CT molecular complexity index is 1480. The van der Waals surface area contributed by atoms with Crippen molar-refractivity contribution in [1.29, 1.82) is 0 Å². The van der Waals surface area contributed by atoms with E-state index in [4.69, 9.17) is 10.8 Å². The van der Waals surface area contributed by atoms with Crippen molar-refractivity contribution in [2.45, 2.75) is 26.2 Å². The molecule has 0 fully saturated rings. The largest absolute Gasteiger partial charge is 0.383 e. The maximum absolute atomic E-state index is 5.93. The maximum atomic E-state index is 5.93. The molecule has 0 radical (unpaired) electrons. The molecule has 0 unspecified atom stereocenters. The molecule has 3 N–H and O–H groups in total. The van der Waals surface area contributed by atoms with Crippen molar-refractivity contribution in [3.8, 4) is 0 Å². The van der Waals surface area contributed by atoms with Gasteiger partial charge in [0.15, 0.2) is 0 Å². The lowest BCUT2D eigenvalue weighted by Gasteiger charge is -2.08. The summed E-state index contributed by atoms with van der Waals surface area (Å²) in [6, 6.07) is 18.7. The van der Waals surface area contributed by atoms with E-state index in [1.165, 1.54) is 22.3 Å². The molecule has 3 aromatic heterocycles. The van der Waals surface area contributed by atoms with Gasteiger partial charge in [-0.05, 0) is 34.4 Å². The predicted octanol–water partition coefficient (Wildman–Crippen LogP) is 3.56. The Morgan fingerprint density at radius 2 is 1.71 bits per heavy atom. The van der Waals surface area contributed by atoms with Crippen molar-refractivity contribution in [2.24, 2.45) is 10.7 Å². The number of nitrogens with one attached hydrogen (secondary N) is 1. The number of nitrogens with zero attached hydrogens (tertiary/aromatic N) is 6. The summed E-state index contributed by atoms with van der Waals surface area (Å²) in [7, 11) is 0. The first-order chi connectivity index (χ1) is 16.7. The van der Waals surface area contributed by atoms with E-state index >= 15 is 0 Å². The van der Waals surface area contributed by atoms with Gasteiger partial charge in [-0.3, -0.25) is 14.4 Å². The standard InChI is InChI=1S/C26H24N8/c27-25-22-7-6-20(12-21(22)14-29-25)13-30-26-23-17-34(32-24(23)8-10-28-26)16-19-4-2-18(3-5-19)15-33-11-1-9-31-33/h1-12,17H,13-16H2,(H2,27,29)(H,28,30). The lowest BCUT2D eigenvalue weighted by Crippen LogP contribution is -2.10. The smallest absolute Gasteiger partial charge is 0.137 e. The highest BCUT2D eigenvalue weighted by atomic mass is 15.3. The van der Waals surface area contributed by atoms with Gasteiger partial charge in [0.05, 0.1) is 30.5 Å². The van der Waals surface area contributed by atoms with E-state index in [9.17, 15) is 0 Å². The first-order valence-electron chi connectivity index (χ1n) is 11.2. The molecule has 0 amide bonds. The summed E-state index contributed by atoms with van der Waals surface area (Å²) in [4.78, 5) is 8.87. The molecular weight excluding hydrogens is 424 g/mol. The van der Waals surface area contributed by atoms with Gasteiger partial charge in [0.25, 0.3) is 0 Å². The molecule has 0 atom stereocenters. The fourth-order valence-electron chi connectivity index (χ4n) is 4.31. The van der Waals surface area contributed by atoms with Crippen LogP contribution in [0.4, 0.5) is 5.82 Å². The molecule has 34 heavy (non-hydrogen) atoms. The fourth-order valence-corrected chi connectivity index (χ4v) is 4.31. The Hall–Kier alpha value is -4.46. The molecule has 0 aliphatic carbocycles. The van der Waals surface area contributed by atoms with Crippen LogP contribution in [0, 0.1) is 0 Å². The van der Waals surface area contributed by atoms with E-state index in [-0.39, 0.29) is 0 Å². The Morgan fingerprint density at radius 1 is 0.912 bits per heavy atom. The molecule has 8 nitrogen and oxygen atoms in total. The van der Waals surface area contributed by atoms with Gasteiger partial charge in [0, 0.05) is 36.9 Å². The molecule has 1 aliphatic rings. The number of aromatic nitrogens is 5. The van der Waals surface area contributed by atoms with Gasteiger partial charge in [-0.25, -0.2) is 4.98 Å². The lowest BCUT2D eigenvalue weighted by molar-refractivity contribution is 0.682. The normalized spacial score (nSPS) is 12.6. The van der Waals surface area contributed by atoms with Gasteiger partial charge >= 0.3 is 0 Å². The SMILES string of the molecule is NC1=NCc2cc(CNc3nccc4nn(Cc5ccc(Cn6cccn6)cc5)cc34)ccc21. The summed E-state index contributed by atoms with van der Waals surface area (Å²) in [5.74, 6) is 1.45. The highest BCUT2D eigenvalue weighted by molar-refractivity contribution is 6.00. The Morgan fingerprint density at radius 3 is 2.50 bits per heavy atom. The topological polar surface area (TPSA) is 98.9 Å². The van der Waals surface area contributed by atoms with Crippen molar-refractivity contribution < 1.29 is 0 Å². The minimum absolute atomic E-state index is 0.626. The van der Waals surface area contributed by atoms with Crippen molar-refractivity contribution in [3.63, 3.8) is 0 Å². The van der Waals surface area contributed by atoms with Crippen LogP contribution in [0.1, 0.15) is 27.8 Å². The molecule has 6 rings (SSSR count). The summed E-state index contributed by atoms with van der Waals surface area (Å²) in [6.07, 6.45) is 7.62. The summed E-state index contributed by atoms with van der Waals surface area (Å²) < 4.78 is 3.89. The summed E-state index contributed by atoms with van der Waals surface area (Å²) in [5.41, 5.74) is 12.6. The van der Waals surface area contributed by atoms with Crippen LogP contribution in [0.25, 0.3) is 10.9 Å². The van der Waals surface area contributed by atoms with Crippen LogP contribution in [-0.2, 0) is 26.2 Å². The monoisotopic (exact) mass is 448 g/mol. The predicted molar refractivity (Wildman–Crippen MR) is 133 cm³/mol. The number of hydrogen-bond acceptors (Lipinski definition) is 6. The molecular formula is C26H24N8. The van der Waals surface area contributed by atoms with Gasteiger partial charge in [0.2, 0.25) is 0 Å². The van der Waals surface area contributed by atoms with Crippen LogP contribution in [0.5, 0.6) is 0 Å². The van der Waals surface area contributed by atoms with Crippen molar-refractivity contribution in [3.05, 3.63) is 107 Å². The summed E-state index contributed by atoms with van der Waals surface area (Å²) >= 11 is 0. The average Bonchev–Trinajstić information content (AvgIpc) is 3.59. The first kappa shape index (κ1) is 20.2.